The maximum Gasteiger partial charge on any atom is 0.123 e. The normalized spacial score (nSPS) is 22.5. The molecule has 108 valence electrons. The Morgan fingerprint density at radius 3 is 2.11 bits per heavy atom. The van der Waals surface area contributed by atoms with Crippen LogP contribution in [0.15, 0.2) is 12.1 Å². The van der Waals surface area contributed by atoms with Crippen LogP contribution in [0.5, 0.6) is 11.5 Å². The zero-order valence-corrected chi connectivity index (χ0v) is 12.7. The Bertz CT molecular complexity index is 375. The SMILES string of the molecule is CCC.Cc1cc(O)c(C2CCCC(C)C2)c(O)c1. The second kappa shape index (κ2) is 7.42. The third kappa shape index (κ3) is 4.45. The van der Waals surface area contributed by atoms with Gasteiger partial charge >= 0.3 is 0 Å². The Hall–Kier alpha value is -1.18. The molecule has 0 amide bonds. The van der Waals surface area contributed by atoms with Crippen molar-refractivity contribution in [2.24, 2.45) is 5.92 Å². The molecular formula is C17H28O2. The van der Waals surface area contributed by atoms with Crippen LogP contribution < -0.4 is 0 Å². The van der Waals surface area contributed by atoms with Gasteiger partial charge in [-0.25, -0.2) is 0 Å². The topological polar surface area (TPSA) is 40.5 Å². The molecule has 0 bridgehead atoms. The molecule has 2 N–H and O–H groups in total. The van der Waals surface area contributed by atoms with Gasteiger partial charge in [-0.1, -0.05) is 40.0 Å². The van der Waals surface area contributed by atoms with Gasteiger partial charge in [0.2, 0.25) is 0 Å². The van der Waals surface area contributed by atoms with Crippen molar-refractivity contribution in [3.63, 3.8) is 0 Å². The average molecular weight is 264 g/mol. The number of benzene rings is 1. The highest BCUT2D eigenvalue weighted by Gasteiger charge is 2.25. The highest BCUT2D eigenvalue weighted by Crippen LogP contribution is 2.43. The molecule has 19 heavy (non-hydrogen) atoms. The maximum absolute atomic E-state index is 9.95. The molecular weight excluding hydrogens is 236 g/mol. The molecule has 2 heteroatoms. The third-order valence-corrected chi connectivity index (χ3v) is 3.63. The van der Waals surface area contributed by atoms with Crippen LogP contribution in [0.1, 0.15) is 69.9 Å². The fourth-order valence-corrected chi connectivity index (χ4v) is 2.87. The van der Waals surface area contributed by atoms with E-state index in [9.17, 15) is 10.2 Å². The first-order valence-corrected chi connectivity index (χ1v) is 7.52. The largest absolute Gasteiger partial charge is 0.508 e. The van der Waals surface area contributed by atoms with Gasteiger partial charge in [0.15, 0.2) is 0 Å². The van der Waals surface area contributed by atoms with Crippen LogP contribution in [0.4, 0.5) is 0 Å². The van der Waals surface area contributed by atoms with E-state index in [1.807, 2.05) is 6.92 Å². The predicted molar refractivity (Wildman–Crippen MR) is 80.8 cm³/mol. The van der Waals surface area contributed by atoms with E-state index in [-0.39, 0.29) is 11.5 Å². The fourth-order valence-electron chi connectivity index (χ4n) is 2.87. The third-order valence-electron chi connectivity index (χ3n) is 3.63. The molecule has 2 unspecified atom stereocenters. The van der Waals surface area contributed by atoms with Gasteiger partial charge in [0, 0.05) is 5.56 Å². The number of hydrogen-bond donors (Lipinski definition) is 2. The smallest absolute Gasteiger partial charge is 0.123 e. The molecule has 0 aliphatic heterocycles. The summed E-state index contributed by atoms with van der Waals surface area (Å²) in [7, 11) is 0. The first-order chi connectivity index (χ1) is 8.99. The van der Waals surface area contributed by atoms with E-state index in [0.29, 0.717) is 11.8 Å². The number of aryl methyl sites for hydroxylation is 1. The summed E-state index contributed by atoms with van der Waals surface area (Å²) in [6.45, 7) is 8.38. The quantitative estimate of drug-likeness (QED) is 0.739. The van der Waals surface area contributed by atoms with Gasteiger partial charge in [-0.2, -0.15) is 0 Å². The lowest BCUT2D eigenvalue weighted by atomic mass is 9.78. The van der Waals surface area contributed by atoms with Gasteiger partial charge in [0.05, 0.1) is 0 Å². The van der Waals surface area contributed by atoms with Gasteiger partial charge in [0.1, 0.15) is 11.5 Å². The van der Waals surface area contributed by atoms with Crippen LogP contribution in [0.25, 0.3) is 0 Å². The predicted octanol–water partition coefficient (Wildman–Crippen LogP) is 5.12. The Kier molecular flexibility index (Phi) is 6.20. The highest BCUT2D eigenvalue weighted by atomic mass is 16.3. The average Bonchev–Trinajstić information content (AvgIpc) is 2.28. The summed E-state index contributed by atoms with van der Waals surface area (Å²) in [6, 6.07) is 3.49. The lowest BCUT2D eigenvalue weighted by molar-refractivity contribution is 0.327. The van der Waals surface area contributed by atoms with Crippen molar-refractivity contribution in [1.82, 2.24) is 0 Å². The van der Waals surface area contributed by atoms with Crippen molar-refractivity contribution in [2.75, 3.05) is 0 Å². The van der Waals surface area contributed by atoms with Gasteiger partial charge < -0.3 is 10.2 Å². The molecule has 1 aliphatic carbocycles. The van der Waals surface area contributed by atoms with Gasteiger partial charge in [-0.05, 0) is 49.3 Å². The minimum absolute atomic E-state index is 0.261. The molecule has 2 rings (SSSR count). The van der Waals surface area contributed by atoms with Crippen LogP contribution in [-0.4, -0.2) is 10.2 Å². The molecule has 1 saturated carbocycles. The molecule has 1 aromatic rings. The van der Waals surface area contributed by atoms with Gasteiger partial charge in [-0.3, -0.25) is 0 Å². The molecule has 0 spiro atoms. The number of phenolic OH excluding ortho intramolecular Hbond substituents is 2. The van der Waals surface area contributed by atoms with E-state index in [4.69, 9.17) is 0 Å². The molecule has 0 radical (unpaired) electrons. The van der Waals surface area contributed by atoms with Crippen molar-refractivity contribution < 1.29 is 10.2 Å². The summed E-state index contributed by atoms with van der Waals surface area (Å²) < 4.78 is 0. The Morgan fingerprint density at radius 1 is 1.11 bits per heavy atom. The van der Waals surface area contributed by atoms with Crippen LogP contribution >= 0.6 is 0 Å². The van der Waals surface area contributed by atoms with E-state index >= 15 is 0 Å². The van der Waals surface area contributed by atoms with Crippen molar-refractivity contribution in [3.8, 4) is 11.5 Å². The summed E-state index contributed by atoms with van der Waals surface area (Å²) in [6.07, 6.45) is 5.86. The van der Waals surface area contributed by atoms with Crippen molar-refractivity contribution >= 4 is 0 Å². The minimum atomic E-state index is 0.261. The van der Waals surface area contributed by atoms with Gasteiger partial charge in [0.25, 0.3) is 0 Å². The second-order valence-corrected chi connectivity index (χ2v) is 5.89. The summed E-state index contributed by atoms with van der Waals surface area (Å²) in [5.41, 5.74) is 1.67. The number of rotatable bonds is 1. The van der Waals surface area contributed by atoms with E-state index < -0.39 is 0 Å². The van der Waals surface area contributed by atoms with E-state index in [2.05, 4.69) is 20.8 Å². The monoisotopic (exact) mass is 264 g/mol. The van der Waals surface area contributed by atoms with Crippen molar-refractivity contribution in [1.29, 1.82) is 0 Å². The minimum Gasteiger partial charge on any atom is -0.508 e. The Balaban J connectivity index is 0.000000550. The number of hydrogen-bond acceptors (Lipinski definition) is 2. The van der Waals surface area contributed by atoms with Crippen LogP contribution in [0.3, 0.4) is 0 Å². The molecule has 2 nitrogen and oxygen atoms in total. The summed E-state index contributed by atoms with van der Waals surface area (Å²) >= 11 is 0. The summed E-state index contributed by atoms with van der Waals surface area (Å²) in [5, 5.41) is 19.9. The molecule has 0 aromatic heterocycles. The lowest BCUT2D eigenvalue weighted by Gasteiger charge is -2.28. The number of phenols is 2. The first-order valence-electron chi connectivity index (χ1n) is 7.52. The summed E-state index contributed by atoms with van der Waals surface area (Å²) in [4.78, 5) is 0. The van der Waals surface area contributed by atoms with E-state index in [1.54, 1.807) is 12.1 Å². The van der Waals surface area contributed by atoms with Crippen molar-refractivity contribution in [3.05, 3.63) is 23.3 Å². The molecule has 1 aliphatic rings. The van der Waals surface area contributed by atoms with Crippen LogP contribution in [0, 0.1) is 12.8 Å². The van der Waals surface area contributed by atoms with E-state index in [0.717, 1.165) is 24.0 Å². The number of aromatic hydroxyl groups is 2. The molecule has 1 fully saturated rings. The van der Waals surface area contributed by atoms with Crippen molar-refractivity contribution in [2.45, 2.75) is 65.7 Å². The standard InChI is InChI=1S/C14H20O2.C3H8/c1-9-4-3-5-11(6-9)14-12(15)7-10(2)8-13(14)16;1-3-2/h7-9,11,15-16H,3-6H2,1-2H3;3H2,1-2H3. The van der Waals surface area contributed by atoms with Gasteiger partial charge in [-0.15, -0.1) is 0 Å². The fraction of sp³-hybridized carbons (Fsp3) is 0.647. The first kappa shape index (κ1) is 15.9. The zero-order chi connectivity index (χ0) is 14.4. The lowest BCUT2D eigenvalue weighted by Crippen LogP contribution is -2.12. The zero-order valence-electron chi connectivity index (χ0n) is 12.7. The van der Waals surface area contributed by atoms with Crippen LogP contribution in [0.2, 0.25) is 0 Å². The second-order valence-electron chi connectivity index (χ2n) is 5.89. The molecule has 1 aromatic carbocycles. The highest BCUT2D eigenvalue weighted by molar-refractivity contribution is 5.48. The summed E-state index contributed by atoms with van der Waals surface area (Å²) in [5.74, 6) is 1.54. The van der Waals surface area contributed by atoms with Crippen LogP contribution in [-0.2, 0) is 0 Å². The molecule has 0 saturated heterocycles. The van der Waals surface area contributed by atoms with E-state index in [1.165, 1.54) is 19.3 Å². The maximum atomic E-state index is 9.95. The Labute approximate surface area is 117 Å². The molecule has 2 atom stereocenters. The molecule has 0 heterocycles. The Morgan fingerprint density at radius 2 is 1.63 bits per heavy atom.